The largest absolute Gasteiger partial charge is 0.392 e. The topological polar surface area (TPSA) is 20.2 Å². The highest BCUT2D eigenvalue weighted by Gasteiger charge is 1.89. The van der Waals surface area contributed by atoms with Crippen LogP contribution in [0.25, 0.3) is 0 Å². The minimum absolute atomic E-state index is 0.0833. The van der Waals surface area contributed by atoms with Crippen molar-refractivity contribution >= 4 is 11.6 Å². The Morgan fingerprint density at radius 1 is 1.21 bits per heavy atom. The summed E-state index contributed by atoms with van der Waals surface area (Å²) in [7, 11) is 0. The van der Waals surface area contributed by atoms with Gasteiger partial charge >= 0.3 is 0 Å². The molecule has 74 valence electrons. The number of benzene rings is 1. The maximum Gasteiger partial charge on any atom is 0.0681 e. The SMILES string of the molecule is OCc1ccc(C#CCCCCl)cc1. The third-order valence-corrected chi connectivity index (χ3v) is 2.07. The molecule has 0 saturated heterocycles. The van der Waals surface area contributed by atoms with E-state index >= 15 is 0 Å². The summed E-state index contributed by atoms with van der Waals surface area (Å²) in [4.78, 5) is 0. The van der Waals surface area contributed by atoms with Crippen LogP contribution in [0.4, 0.5) is 0 Å². The highest BCUT2D eigenvalue weighted by Crippen LogP contribution is 2.02. The number of alkyl halides is 1. The maximum absolute atomic E-state index is 8.82. The number of rotatable bonds is 3. The monoisotopic (exact) mass is 208 g/mol. The van der Waals surface area contributed by atoms with Crippen molar-refractivity contribution in [2.75, 3.05) is 5.88 Å². The van der Waals surface area contributed by atoms with E-state index in [-0.39, 0.29) is 6.61 Å². The second-order valence-corrected chi connectivity index (χ2v) is 3.33. The van der Waals surface area contributed by atoms with E-state index < -0.39 is 0 Å². The Hall–Kier alpha value is -0.970. The van der Waals surface area contributed by atoms with Crippen molar-refractivity contribution in [3.8, 4) is 11.8 Å². The van der Waals surface area contributed by atoms with Crippen LogP contribution in [-0.2, 0) is 6.61 Å². The Morgan fingerprint density at radius 2 is 1.93 bits per heavy atom. The third kappa shape index (κ3) is 3.83. The first-order valence-corrected chi connectivity index (χ1v) is 5.15. The Kier molecular flexibility index (Phi) is 5.14. The zero-order chi connectivity index (χ0) is 10.2. The average Bonchev–Trinajstić information content (AvgIpc) is 2.25. The predicted octanol–water partition coefficient (Wildman–Crippen LogP) is 2.55. The molecule has 1 rings (SSSR count). The lowest BCUT2D eigenvalue weighted by molar-refractivity contribution is 0.282. The number of unbranched alkanes of at least 4 members (excludes halogenated alkanes) is 1. The summed E-state index contributed by atoms with van der Waals surface area (Å²) in [5.41, 5.74) is 1.90. The smallest absolute Gasteiger partial charge is 0.0681 e. The van der Waals surface area contributed by atoms with Gasteiger partial charge in [0.2, 0.25) is 0 Å². The van der Waals surface area contributed by atoms with Gasteiger partial charge in [-0.1, -0.05) is 24.0 Å². The summed E-state index contributed by atoms with van der Waals surface area (Å²) in [6.45, 7) is 0.0833. The molecule has 0 amide bonds. The summed E-state index contributed by atoms with van der Waals surface area (Å²) >= 11 is 5.53. The van der Waals surface area contributed by atoms with Gasteiger partial charge in [-0.3, -0.25) is 0 Å². The maximum atomic E-state index is 8.82. The van der Waals surface area contributed by atoms with Gasteiger partial charge in [-0.25, -0.2) is 0 Å². The number of aliphatic hydroxyl groups is 1. The van der Waals surface area contributed by atoms with E-state index in [0.29, 0.717) is 5.88 Å². The lowest BCUT2D eigenvalue weighted by atomic mass is 10.1. The van der Waals surface area contributed by atoms with Crippen LogP contribution in [0.5, 0.6) is 0 Å². The van der Waals surface area contributed by atoms with E-state index in [2.05, 4.69) is 11.8 Å². The van der Waals surface area contributed by atoms with E-state index in [0.717, 1.165) is 24.0 Å². The van der Waals surface area contributed by atoms with E-state index in [9.17, 15) is 0 Å². The van der Waals surface area contributed by atoms with Gasteiger partial charge in [0.1, 0.15) is 0 Å². The first-order valence-electron chi connectivity index (χ1n) is 4.61. The Labute approximate surface area is 89.7 Å². The van der Waals surface area contributed by atoms with E-state index in [1.165, 1.54) is 0 Å². The fourth-order valence-electron chi connectivity index (χ4n) is 1.01. The van der Waals surface area contributed by atoms with Crippen molar-refractivity contribution in [3.05, 3.63) is 35.4 Å². The molecule has 0 aliphatic rings. The van der Waals surface area contributed by atoms with E-state index in [1.807, 2.05) is 24.3 Å². The fourth-order valence-corrected chi connectivity index (χ4v) is 1.15. The van der Waals surface area contributed by atoms with Crippen LogP contribution in [0.15, 0.2) is 24.3 Å². The molecule has 1 N–H and O–H groups in total. The van der Waals surface area contributed by atoms with Gasteiger partial charge in [0.15, 0.2) is 0 Å². The van der Waals surface area contributed by atoms with Crippen molar-refractivity contribution in [2.24, 2.45) is 0 Å². The minimum atomic E-state index is 0.0833. The van der Waals surface area contributed by atoms with E-state index in [1.54, 1.807) is 0 Å². The van der Waals surface area contributed by atoms with Crippen molar-refractivity contribution in [2.45, 2.75) is 19.4 Å². The molecule has 2 heteroatoms. The molecule has 0 fully saturated rings. The zero-order valence-electron chi connectivity index (χ0n) is 7.96. The molecule has 0 aliphatic carbocycles. The molecular formula is C12H13ClO. The summed E-state index contributed by atoms with van der Waals surface area (Å²) in [6, 6.07) is 7.59. The molecule has 1 aromatic rings. The molecule has 0 aromatic heterocycles. The first-order chi connectivity index (χ1) is 6.86. The summed E-state index contributed by atoms with van der Waals surface area (Å²) < 4.78 is 0. The van der Waals surface area contributed by atoms with Crippen molar-refractivity contribution in [3.63, 3.8) is 0 Å². The molecule has 0 aliphatic heterocycles. The van der Waals surface area contributed by atoms with Crippen LogP contribution in [0.2, 0.25) is 0 Å². The molecule has 1 nitrogen and oxygen atoms in total. The van der Waals surface area contributed by atoms with Crippen LogP contribution in [0, 0.1) is 11.8 Å². The Morgan fingerprint density at radius 3 is 2.50 bits per heavy atom. The zero-order valence-corrected chi connectivity index (χ0v) is 8.72. The van der Waals surface area contributed by atoms with Crippen molar-refractivity contribution in [1.29, 1.82) is 0 Å². The highest BCUT2D eigenvalue weighted by atomic mass is 35.5. The second-order valence-electron chi connectivity index (χ2n) is 2.95. The quantitative estimate of drug-likeness (QED) is 0.460. The molecule has 0 spiro atoms. The number of aliphatic hydroxyl groups excluding tert-OH is 1. The van der Waals surface area contributed by atoms with Crippen molar-refractivity contribution in [1.82, 2.24) is 0 Å². The van der Waals surface area contributed by atoms with Crippen LogP contribution >= 0.6 is 11.6 Å². The second kappa shape index (κ2) is 6.48. The van der Waals surface area contributed by atoms with Crippen molar-refractivity contribution < 1.29 is 5.11 Å². The molecule has 0 bridgehead atoms. The third-order valence-electron chi connectivity index (χ3n) is 1.80. The molecule has 0 radical (unpaired) electrons. The van der Waals surface area contributed by atoms with Gasteiger partial charge in [0, 0.05) is 17.9 Å². The Balaban J connectivity index is 2.53. The number of halogens is 1. The molecule has 1 aromatic carbocycles. The molecule has 0 heterocycles. The van der Waals surface area contributed by atoms with Gasteiger partial charge < -0.3 is 5.11 Å². The summed E-state index contributed by atoms with van der Waals surface area (Å²) in [6.07, 6.45) is 1.77. The molecule has 0 unspecified atom stereocenters. The van der Waals surface area contributed by atoms with E-state index in [4.69, 9.17) is 16.7 Å². The number of hydrogen-bond acceptors (Lipinski definition) is 1. The highest BCUT2D eigenvalue weighted by molar-refractivity contribution is 6.17. The molecule has 0 atom stereocenters. The normalized spacial score (nSPS) is 9.29. The van der Waals surface area contributed by atoms with Gasteiger partial charge in [-0.05, 0) is 24.1 Å². The van der Waals surface area contributed by atoms with Crippen LogP contribution in [0.1, 0.15) is 24.0 Å². The lowest BCUT2D eigenvalue weighted by Crippen LogP contribution is -1.82. The molecular weight excluding hydrogens is 196 g/mol. The lowest BCUT2D eigenvalue weighted by Gasteiger charge is -1.94. The van der Waals surface area contributed by atoms with Gasteiger partial charge in [-0.15, -0.1) is 11.6 Å². The summed E-state index contributed by atoms with van der Waals surface area (Å²) in [5, 5.41) is 8.82. The van der Waals surface area contributed by atoms with Gasteiger partial charge in [0.25, 0.3) is 0 Å². The van der Waals surface area contributed by atoms with Gasteiger partial charge in [-0.2, -0.15) is 0 Å². The van der Waals surface area contributed by atoms with Crippen LogP contribution in [-0.4, -0.2) is 11.0 Å². The fraction of sp³-hybridized carbons (Fsp3) is 0.333. The standard InChI is InChI=1S/C12H13ClO/c13-9-3-1-2-4-11-5-7-12(10-14)8-6-11/h5-8,14H,1,3,9-10H2. The molecule has 0 saturated carbocycles. The summed E-state index contributed by atoms with van der Waals surface area (Å²) in [5.74, 6) is 6.75. The van der Waals surface area contributed by atoms with Crippen LogP contribution in [0.3, 0.4) is 0 Å². The van der Waals surface area contributed by atoms with Crippen LogP contribution < -0.4 is 0 Å². The number of hydrogen-bond donors (Lipinski definition) is 1. The Bertz CT molecular complexity index is 318. The predicted molar refractivity (Wildman–Crippen MR) is 59.2 cm³/mol. The van der Waals surface area contributed by atoms with Gasteiger partial charge in [0.05, 0.1) is 6.61 Å². The average molecular weight is 209 g/mol. The molecule has 14 heavy (non-hydrogen) atoms. The first kappa shape index (κ1) is 11.1. The minimum Gasteiger partial charge on any atom is -0.392 e.